The van der Waals surface area contributed by atoms with Crippen LogP contribution in [0.2, 0.25) is 0 Å². The highest BCUT2D eigenvalue weighted by molar-refractivity contribution is 5.80. The standard InChI is InChI=1S/C12H15NO3/c1-3-11(14)8-10-6-9(4-5-13-10)7-12(15)16-2/h4-6H,3,7-8H2,1-2H3. The number of nitrogens with zero attached hydrogens (tertiary/aromatic N) is 1. The Kier molecular flexibility index (Phi) is 4.64. The Morgan fingerprint density at radius 1 is 1.38 bits per heavy atom. The van der Waals surface area contributed by atoms with Crippen molar-refractivity contribution in [2.24, 2.45) is 0 Å². The Balaban J connectivity index is 2.71. The number of esters is 1. The van der Waals surface area contributed by atoms with E-state index in [-0.39, 0.29) is 18.2 Å². The highest BCUT2D eigenvalue weighted by atomic mass is 16.5. The monoisotopic (exact) mass is 221 g/mol. The van der Waals surface area contributed by atoms with Gasteiger partial charge in [0.05, 0.1) is 13.5 Å². The molecule has 1 heterocycles. The van der Waals surface area contributed by atoms with Crippen LogP contribution in [0, 0.1) is 0 Å². The molecular weight excluding hydrogens is 206 g/mol. The maximum absolute atomic E-state index is 11.2. The van der Waals surface area contributed by atoms with Crippen LogP contribution in [-0.4, -0.2) is 23.8 Å². The van der Waals surface area contributed by atoms with E-state index in [9.17, 15) is 9.59 Å². The number of Topliss-reactive ketones (excluding diaryl/α,β-unsaturated/α-hetero) is 1. The third kappa shape index (κ3) is 3.81. The zero-order chi connectivity index (χ0) is 12.0. The number of carbonyl (C=O) groups is 2. The van der Waals surface area contributed by atoms with Crippen LogP contribution in [0.3, 0.4) is 0 Å². The molecule has 0 aliphatic carbocycles. The molecule has 0 amide bonds. The van der Waals surface area contributed by atoms with Gasteiger partial charge in [-0.3, -0.25) is 14.6 Å². The molecule has 1 rings (SSSR count). The number of ether oxygens (including phenoxy) is 1. The van der Waals surface area contributed by atoms with E-state index in [2.05, 4.69) is 9.72 Å². The van der Waals surface area contributed by atoms with E-state index in [0.29, 0.717) is 18.5 Å². The molecule has 4 heteroatoms. The summed E-state index contributed by atoms with van der Waals surface area (Å²) in [5.41, 5.74) is 1.52. The number of aromatic nitrogens is 1. The maximum Gasteiger partial charge on any atom is 0.309 e. The van der Waals surface area contributed by atoms with E-state index in [1.54, 1.807) is 18.3 Å². The molecule has 0 saturated heterocycles. The normalized spacial score (nSPS) is 9.88. The predicted octanol–water partition coefficient (Wildman–Crippen LogP) is 1.32. The van der Waals surface area contributed by atoms with Gasteiger partial charge < -0.3 is 4.74 Å². The summed E-state index contributed by atoms with van der Waals surface area (Å²) in [6.07, 6.45) is 2.65. The first-order valence-corrected chi connectivity index (χ1v) is 5.18. The van der Waals surface area contributed by atoms with Crippen LogP contribution in [0.5, 0.6) is 0 Å². The highest BCUT2D eigenvalue weighted by Crippen LogP contribution is 2.05. The van der Waals surface area contributed by atoms with Crippen molar-refractivity contribution >= 4 is 11.8 Å². The molecule has 1 aromatic heterocycles. The topological polar surface area (TPSA) is 56.3 Å². The molecule has 16 heavy (non-hydrogen) atoms. The van der Waals surface area contributed by atoms with E-state index < -0.39 is 0 Å². The van der Waals surface area contributed by atoms with Gasteiger partial charge in [-0.15, -0.1) is 0 Å². The van der Waals surface area contributed by atoms with Gasteiger partial charge in [0.2, 0.25) is 0 Å². The second-order valence-corrected chi connectivity index (χ2v) is 3.48. The van der Waals surface area contributed by atoms with Crippen molar-refractivity contribution in [2.75, 3.05) is 7.11 Å². The lowest BCUT2D eigenvalue weighted by Crippen LogP contribution is -2.07. The summed E-state index contributed by atoms with van der Waals surface area (Å²) in [5.74, 6) is -0.151. The largest absolute Gasteiger partial charge is 0.469 e. The van der Waals surface area contributed by atoms with Crippen molar-refractivity contribution in [3.63, 3.8) is 0 Å². The van der Waals surface area contributed by atoms with E-state index in [1.807, 2.05) is 6.92 Å². The van der Waals surface area contributed by atoms with Gasteiger partial charge in [-0.05, 0) is 17.7 Å². The summed E-state index contributed by atoms with van der Waals surface area (Å²) < 4.78 is 4.57. The van der Waals surface area contributed by atoms with Gasteiger partial charge >= 0.3 is 5.97 Å². The van der Waals surface area contributed by atoms with Crippen molar-refractivity contribution in [2.45, 2.75) is 26.2 Å². The van der Waals surface area contributed by atoms with Crippen molar-refractivity contribution in [3.8, 4) is 0 Å². The average molecular weight is 221 g/mol. The number of methoxy groups -OCH3 is 1. The van der Waals surface area contributed by atoms with Crippen LogP contribution in [0.1, 0.15) is 24.6 Å². The van der Waals surface area contributed by atoms with Gasteiger partial charge in [0.1, 0.15) is 5.78 Å². The number of hydrogen-bond acceptors (Lipinski definition) is 4. The summed E-state index contributed by atoms with van der Waals surface area (Å²) in [6.45, 7) is 1.82. The summed E-state index contributed by atoms with van der Waals surface area (Å²) >= 11 is 0. The third-order valence-electron chi connectivity index (χ3n) is 2.23. The molecule has 0 unspecified atom stereocenters. The molecule has 1 aromatic rings. The fraction of sp³-hybridized carbons (Fsp3) is 0.417. The lowest BCUT2D eigenvalue weighted by molar-refractivity contribution is -0.139. The fourth-order valence-electron chi connectivity index (χ4n) is 1.30. The molecule has 86 valence electrons. The van der Waals surface area contributed by atoms with Crippen LogP contribution < -0.4 is 0 Å². The molecule has 0 aliphatic rings. The van der Waals surface area contributed by atoms with E-state index in [1.165, 1.54) is 7.11 Å². The molecule has 0 atom stereocenters. The van der Waals surface area contributed by atoms with Gasteiger partial charge in [-0.25, -0.2) is 0 Å². The molecule has 0 saturated carbocycles. The summed E-state index contributed by atoms with van der Waals surface area (Å²) in [7, 11) is 1.35. The minimum absolute atomic E-state index is 0.141. The Morgan fingerprint density at radius 3 is 2.75 bits per heavy atom. The molecule has 0 N–H and O–H groups in total. The van der Waals surface area contributed by atoms with Gasteiger partial charge in [-0.2, -0.15) is 0 Å². The molecule has 0 aliphatic heterocycles. The second kappa shape index (κ2) is 6.00. The molecule has 0 spiro atoms. The zero-order valence-electron chi connectivity index (χ0n) is 9.53. The molecule has 0 radical (unpaired) electrons. The zero-order valence-corrected chi connectivity index (χ0v) is 9.53. The molecular formula is C12H15NO3. The number of pyridine rings is 1. The van der Waals surface area contributed by atoms with E-state index in [4.69, 9.17) is 0 Å². The lowest BCUT2D eigenvalue weighted by atomic mass is 10.1. The molecule has 0 fully saturated rings. The minimum Gasteiger partial charge on any atom is -0.469 e. The first kappa shape index (κ1) is 12.4. The van der Waals surface area contributed by atoms with Crippen LogP contribution in [-0.2, 0) is 27.2 Å². The fourth-order valence-corrected chi connectivity index (χ4v) is 1.30. The Hall–Kier alpha value is -1.71. The second-order valence-electron chi connectivity index (χ2n) is 3.48. The highest BCUT2D eigenvalue weighted by Gasteiger charge is 2.06. The Morgan fingerprint density at radius 2 is 2.12 bits per heavy atom. The maximum atomic E-state index is 11.2. The van der Waals surface area contributed by atoms with Crippen LogP contribution >= 0.6 is 0 Å². The Labute approximate surface area is 94.6 Å². The first-order chi connectivity index (χ1) is 7.65. The minimum atomic E-state index is -0.293. The predicted molar refractivity (Wildman–Crippen MR) is 59.0 cm³/mol. The summed E-state index contributed by atoms with van der Waals surface area (Å²) in [6, 6.07) is 3.52. The number of carbonyl (C=O) groups excluding carboxylic acids is 2. The smallest absolute Gasteiger partial charge is 0.309 e. The number of hydrogen-bond donors (Lipinski definition) is 0. The van der Waals surface area contributed by atoms with Gasteiger partial charge in [-0.1, -0.05) is 6.92 Å². The van der Waals surface area contributed by atoms with Crippen molar-refractivity contribution in [3.05, 3.63) is 29.6 Å². The van der Waals surface area contributed by atoms with Crippen LogP contribution in [0.4, 0.5) is 0 Å². The molecule has 0 bridgehead atoms. The number of rotatable bonds is 5. The van der Waals surface area contributed by atoms with Crippen molar-refractivity contribution < 1.29 is 14.3 Å². The van der Waals surface area contributed by atoms with Gasteiger partial charge in [0.15, 0.2) is 0 Å². The van der Waals surface area contributed by atoms with Gasteiger partial charge in [0.25, 0.3) is 0 Å². The van der Waals surface area contributed by atoms with Gasteiger partial charge in [0, 0.05) is 24.7 Å². The number of ketones is 1. The Bertz CT molecular complexity index is 354. The van der Waals surface area contributed by atoms with E-state index in [0.717, 1.165) is 5.56 Å². The average Bonchev–Trinajstić information content (AvgIpc) is 2.29. The quantitative estimate of drug-likeness (QED) is 0.704. The first-order valence-electron chi connectivity index (χ1n) is 5.18. The van der Waals surface area contributed by atoms with Crippen molar-refractivity contribution in [1.82, 2.24) is 4.98 Å². The summed E-state index contributed by atoms with van der Waals surface area (Å²) in [4.78, 5) is 26.4. The molecule has 0 aromatic carbocycles. The summed E-state index contributed by atoms with van der Waals surface area (Å²) in [5, 5.41) is 0. The lowest BCUT2D eigenvalue weighted by Gasteiger charge is -2.02. The molecule has 4 nitrogen and oxygen atoms in total. The van der Waals surface area contributed by atoms with Crippen LogP contribution in [0.15, 0.2) is 18.3 Å². The SMILES string of the molecule is CCC(=O)Cc1cc(CC(=O)OC)ccn1. The van der Waals surface area contributed by atoms with Crippen molar-refractivity contribution in [1.29, 1.82) is 0 Å². The van der Waals surface area contributed by atoms with Crippen LogP contribution in [0.25, 0.3) is 0 Å². The van der Waals surface area contributed by atoms with E-state index >= 15 is 0 Å². The third-order valence-corrected chi connectivity index (χ3v) is 2.23.